The second-order valence-corrected chi connectivity index (χ2v) is 7.13. The van der Waals surface area contributed by atoms with Crippen molar-refractivity contribution >= 4 is 56.3 Å². The first kappa shape index (κ1) is 14.9. The number of benzene rings is 1. The molecular weight excluding hydrogens is 362 g/mol. The Morgan fingerprint density at radius 1 is 1.18 bits per heavy atom. The van der Waals surface area contributed by atoms with Crippen molar-refractivity contribution in [2.45, 2.75) is 6.92 Å². The Morgan fingerprint density at radius 2 is 2.05 bits per heavy atom. The van der Waals surface area contributed by atoms with Crippen LogP contribution in [0.2, 0.25) is 0 Å². The van der Waals surface area contributed by atoms with Gasteiger partial charge < -0.3 is 4.74 Å². The largest absolute Gasteiger partial charge is 0.424 e. The zero-order valence-corrected chi connectivity index (χ0v) is 14.1. The quantitative estimate of drug-likeness (QED) is 0.470. The van der Waals surface area contributed by atoms with Gasteiger partial charge in [-0.15, -0.1) is 11.3 Å². The molecule has 3 aromatic rings. The third kappa shape index (κ3) is 3.43. The minimum atomic E-state index is -0.348. The van der Waals surface area contributed by atoms with Crippen LogP contribution in [-0.4, -0.2) is 11.0 Å². The molecule has 0 saturated carbocycles. The van der Waals surface area contributed by atoms with E-state index >= 15 is 0 Å². The Kier molecular flexibility index (Phi) is 4.36. The lowest BCUT2D eigenvalue weighted by Gasteiger charge is -2.05. The average molecular weight is 374 g/mol. The smallest absolute Gasteiger partial charge is 0.308 e. The monoisotopic (exact) mass is 373 g/mol. The van der Waals surface area contributed by atoms with Crippen LogP contribution in [0, 0.1) is 0 Å². The summed E-state index contributed by atoms with van der Waals surface area (Å²) in [7, 11) is 0. The summed E-state index contributed by atoms with van der Waals surface area (Å²) in [6, 6.07) is 13.5. The van der Waals surface area contributed by atoms with Gasteiger partial charge in [-0.25, -0.2) is 4.98 Å². The van der Waals surface area contributed by atoms with Gasteiger partial charge in [-0.05, 0) is 52.3 Å². The number of ether oxygens (including phenoxy) is 1. The first-order valence-corrected chi connectivity index (χ1v) is 8.24. The summed E-state index contributed by atoms with van der Waals surface area (Å²) in [4.78, 5) is 16.9. The molecule has 1 aromatic carbocycles. The Labute approximate surface area is 140 Å². The summed E-state index contributed by atoms with van der Waals surface area (Å²) < 4.78 is 6.31. The molecule has 0 radical (unpaired) electrons. The fourth-order valence-electron chi connectivity index (χ4n) is 2.05. The summed E-state index contributed by atoms with van der Waals surface area (Å²) in [5, 5.41) is 0.940. The summed E-state index contributed by atoms with van der Waals surface area (Å²) in [6.07, 6.45) is 3.96. The van der Waals surface area contributed by atoms with Gasteiger partial charge in [0.2, 0.25) is 0 Å². The summed E-state index contributed by atoms with van der Waals surface area (Å²) in [5.41, 5.74) is 1.50. The van der Waals surface area contributed by atoms with Crippen LogP contribution in [0.1, 0.15) is 17.5 Å². The number of hydrogen-bond acceptors (Lipinski definition) is 4. The molecule has 5 heteroatoms. The molecule has 0 spiro atoms. The topological polar surface area (TPSA) is 39.2 Å². The molecule has 0 atom stereocenters. The molecule has 2 aromatic heterocycles. The highest BCUT2D eigenvalue weighted by Crippen LogP contribution is 2.26. The van der Waals surface area contributed by atoms with Crippen LogP contribution in [0.25, 0.3) is 23.1 Å². The second kappa shape index (κ2) is 6.42. The lowest BCUT2D eigenvalue weighted by molar-refractivity contribution is -0.131. The van der Waals surface area contributed by atoms with Crippen LogP contribution < -0.4 is 4.74 Å². The fraction of sp³-hybridized carbons (Fsp3) is 0.0588. The Morgan fingerprint density at radius 3 is 2.77 bits per heavy atom. The summed E-state index contributed by atoms with van der Waals surface area (Å²) >= 11 is 5.10. The Hall–Kier alpha value is -1.98. The average Bonchev–Trinajstić information content (AvgIpc) is 2.91. The van der Waals surface area contributed by atoms with Crippen molar-refractivity contribution < 1.29 is 9.53 Å². The molecule has 0 saturated heterocycles. The number of fused-ring (bicyclic) bond motifs is 1. The van der Waals surface area contributed by atoms with Gasteiger partial charge in [0.1, 0.15) is 5.52 Å². The number of esters is 1. The molecule has 3 rings (SSSR count). The predicted molar refractivity (Wildman–Crippen MR) is 94.0 cm³/mol. The van der Waals surface area contributed by atoms with Crippen molar-refractivity contribution in [1.82, 2.24) is 4.98 Å². The van der Waals surface area contributed by atoms with E-state index in [1.54, 1.807) is 17.4 Å². The van der Waals surface area contributed by atoms with Gasteiger partial charge in [0.15, 0.2) is 5.75 Å². The van der Waals surface area contributed by atoms with Crippen LogP contribution in [0.5, 0.6) is 5.75 Å². The van der Waals surface area contributed by atoms with Crippen LogP contribution in [0.15, 0.2) is 46.3 Å². The van der Waals surface area contributed by atoms with Crippen molar-refractivity contribution in [2.75, 3.05) is 0 Å². The van der Waals surface area contributed by atoms with Gasteiger partial charge in [-0.1, -0.05) is 18.2 Å². The molecule has 3 nitrogen and oxygen atoms in total. The molecule has 0 aliphatic rings. The molecule has 0 aliphatic carbocycles. The van der Waals surface area contributed by atoms with Crippen molar-refractivity contribution in [2.24, 2.45) is 0 Å². The number of aromatic nitrogens is 1. The van der Waals surface area contributed by atoms with E-state index in [-0.39, 0.29) is 5.97 Å². The minimum absolute atomic E-state index is 0.348. The highest BCUT2D eigenvalue weighted by molar-refractivity contribution is 9.11. The number of nitrogens with zero attached hydrogens (tertiary/aromatic N) is 1. The van der Waals surface area contributed by atoms with Crippen molar-refractivity contribution in [3.8, 4) is 5.75 Å². The zero-order chi connectivity index (χ0) is 15.5. The molecular formula is C17H12BrNO2S. The number of carbonyl (C=O) groups excluding carboxylic acids is 1. The van der Waals surface area contributed by atoms with Crippen LogP contribution in [-0.2, 0) is 4.79 Å². The van der Waals surface area contributed by atoms with Crippen molar-refractivity contribution in [3.05, 3.63) is 56.8 Å². The van der Waals surface area contributed by atoms with E-state index < -0.39 is 0 Å². The maximum atomic E-state index is 11.2. The van der Waals surface area contributed by atoms with E-state index in [2.05, 4.69) is 20.9 Å². The van der Waals surface area contributed by atoms with Crippen LogP contribution in [0.4, 0.5) is 0 Å². The molecule has 22 heavy (non-hydrogen) atoms. The molecule has 0 aliphatic heterocycles. The van der Waals surface area contributed by atoms with Gasteiger partial charge >= 0.3 is 5.97 Å². The molecule has 0 amide bonds. The van der Waals surface area contributed by atoms with E-state index in [0.717, 1.165) is 19.7 Å². The molecule has 0 bridgehead atoms. The molecule has 110 valence electrons. The van der Waals surface area contributed by atoms with Crippen LogP contribution in [0.3, 0.4) is 0 Å². The number of hydrogen-bond donors (Lipinski definition) is 0. The van der Waals surface area contributed by atoms with Crippen molar-refractivity contribution in [1.29, 1.82) is 0 Å². The number of carbonyl (C=O) groups is 1. The number of pyridine rings is 1. The molecule has 2 heterocycles. The second-order valence-electron chi connectivity index (χ2n) is 4.63. The Balaban J connectivity index is 1.97. The predicted octanol–water partition coefficient (Wildman–Crippen LogP) is 5.15. The lowest BCUT2D eigenvalue weighted by Crippen LogP contribution is -2.02. The summed E-state index contributed by atoms with van der Waals surface area (Å²) in [5.74, 6) is 0.137. The number of thiophene rings is 1. The van der Waals surface area contributed by atoms with Crippen molar-refractivity contribution in [3.63, 3.8) is 0 Å². The summed E-state index contributed by atoms with van der Waals surface area (Å²) in [6.45, 7) is 1.39. The highest BCUT2D eigenvalue weighted by atomic mass is 79.9. The third-order valence-electron chi connectivity index (χ3n) is 2.97. The first-order chi connectivity index (χ1) is 10.6. The maximum absolute atomic E-state index is 11.2. The van der Waals surface area contributed by atoms with E-state index in [4.69, 9.17) is 4.74 Å². The van der Waals surface area contributed by atoms with E-state index in [9.17, 15) is 4.79 Å². The van der Waals surface area contributed by atoms with E-state index in [1.807, 2.05) is 48.6 Å². The number of para-hydroxylation sites is 1. The Bertz CT molecular complexity index is 870. The molecule has 0 unspecified atom stereocenters. The van der Waals surface area contributed by atoms with Gasteiger partial charge in [0.05, 0.1) is 9.48 Å². The highest BCUT2D eigenvalue weighted by Gasteiger charge is 2.06. The SMILES string of the molecule is CC(=O)Oc1cccc2ccc(/C=C/c3ccc(Br)s3)nc12. The standard InChI is InChI=1S/C17H12BrNO2S/c1-11(20)21-15-4-2-3-12-5-6-13(19-17(12)15)7-8-14-9-10-16(18)22-14/h2-10H,1H3/b8-7+. The fourth-order valence-corrected chi connectivity index (χ4v) is 3.38. The van der Waals surface area contributed by atoms with E-state index in [1.165, 1.54) is 6.92 Å². The number of rotatable bonds is 3. The van der Waals surface area contributed by atoms with Gasteiger partial charge in [-0.3, -0.25) is 4.79 Å². The zero-order valence-electron chi connectivity index (χ0n) is 11.7. The molecule has 0 fully saturated rings. The van der Waals surface area contributed by atoms with Gasteiger partial charge in [0, 0.05) is 17.2 Å². The lowest BCUT2D eigenvalue weighted by atomic mass is 10.2. The third-order valence-corrected chi connectivity index (χ3v) is 4.56. The van der Waals surface area contributed by atoms with E-state index in [0.29, 0.717) is 11.3 Å². The first-order valence-electron chi connectivity index (χ1n) is 6.63. The van der Waals surface area contributed by atoms with Gasteiger partial charge in [-0.2, -0.15) is 0 Å². The number of halogens is 1. The van der Waals surface area contributed by atoms with Gasteiger partial charge in [0.25, 0.3) is 0 Å². The van der Waals surface area contributed by atoms with Crippen LogP contribution >= 0.6 is 27.3 Å². The molecule has 0 N–H and O–H groups in total. The normalized spacial score (nSPS) is 11.2. The maximum Gasteiger partial charge on any atom is 0.308 e. The minimum Gasteiger partial charge on any atom is -0.424 e.